The third-order valence-electron chi connectivity index (χ3n) is 7.89. The topological polar surface area (TPSA) is 93.4 Å². The van der Waals surface area contributed by atoms with Crippen LogP contribution >= 0.6 is 11.6 Å². The third kappa shape index (κ3) is 6.01. The van der Waals surface area contributed by atoms with Crippen LogP contribution in [0.4, 0.5) is 4.39 Å². The SMILES string of the molecule is O=C(O)c1ccc2nc(CN3CCC(Cc4cccc(Cc5ccc(Cl)cc5F)n4)CC3)n(CC3CCO3)c2n1. The van der Waals surface area contributed by atoms with Gasteiger partial charge in [-0.1, -0.05) is 23.7 Å². The van der Waals surface area contributed by atoms with Crippen molar-refractivity contribution in [2.75, 3.05) is 19.7 Å². The molecule has 1 atom stereocenters. The van der Waals surface area contributed by atoms with Crippen molar-refractivity contribution in [1.82, 2.24) is 24.4 Å². The summed E-state index contributed by atoms with van der Waals surface area (Å²) < 4.78 is 22.0. The minimum absolute atomic E-state index is 0.0199. The summed E-state index contributed by atoms with van der Waals surface area (Å²) in [5.74, 6) is 0.0605. The maximum absolute atomic E-state index is 14.3. The first kappa shape index (κ1) is 26.8. The highest BCUT2D eigenvalue weighted by Gasteiger charge is 2.26. The van der Waals surface area contributed by atoms with Crippen LogP contribution in [0.1, 0.15) is 52.5 Å². The van der Waals surface area contributed by atoms with E-state index in [9.17, 15) is 14.3 Å². The zero-order chi connectivity index (χ0) is 27.6. The van der Waals surface area contributed by atoms with Gasteiger partial charge >= 0.3 is 5.97 Å². The molecule has 8 nitrogen and oxygen atoms in total. The number of halogens is 2. The maximum Gasteiger partial charge on any atom is 0.354 e. The van der Waals surface area contributed by atoms with Crippen LogP contribution in [0, 0.1) is 11.7 Å². The number of pyridine rings is 2. The van der Waals surface area contributed by atoms with Gasteiger partial charge in [-0.05, 0) is 86.7 Å². The van der Waals surface area contributed by atoms with Crippen LogP contribution in [-0.2, 0) is 30.7 Å². The van der Waals surface area contributed by atoms with Crippen molar-refractivity contribution in [3.8, 4) is 0 Å². The Morgan fingerprint density at radius 1 is 1.05 bits per heavy atom. The van der Waals surface area contributed by atoms with Crippen molar-refractivity contribution in [3.63, 3.8) is 0 Å². The van der Waals surface area contributed by atoms with E-state index >= 15 is 0 Å². The maximum atomic E-state index is 14.3. The molecule has 0 bridgehead atoms. The summed E-state index contributed by atoms with van der Waals surface area (Å²) in [6.45, 7) is 3.94. The average Bonchev–Trinajstić information content (AvgIpc) is 3.25. The third-order valence-corrected chi connectivity index (χ3v) is 8.13. The molecule has 0 amide bonds. The van der Waals surface area contributed by atoms with E-state index in [1.807, 2.05) is 16.7 Å². The standard InChI is InChI=1S/C30H31ClFN5O3/c31-21-5-4-20(25(32)16-21)15-23-3-1-2-22(33-23)14-19-8-11-36(12-9-19)18-28-34-26-6-7-27(30(38)39)35-29(26)37(28)17-24-10-13-40-24/h1-7,16,19,24H,8-15,17-18H2,(H,38,39). The fourth-order valence-corrected chi connectivity index (χ4v) is 5.72. The highest BCUT2D eigenvalue weighted by Crippen LogP contribution is 2.26. The number of ether oxygens (including phenoxy) is 1. The molecule has 6 rings (SSSR count). The fraction of sp³-hybridized carbons (Fsp3) is 0.400. The number of carboxylic acids is 1. The van der Waals surface area contributed by atoms with Crippen LogP contribution < -0.4 is 0 Å². The van der Waals surface area contributed by atoms with Crippen molar-refractivity contribution in [2.24, 2.45) is 5.92 Å². The summed E-state index contributed by atoms with van der Waals surface area (Å²) in [7, 11) is 0. The lowest BCUT2D eigenvalue weighted by Gasteiger charge is -2.32. The van der Waals surface area contributed by atoms with E-state index in [1.165, 1.54) is 12.1 Å². The van der Waals surface area contributed by atoms with E-state index in [-0.39, 0.29) is 17.6 Å². The first-order chi connectivity index (χ1) is 19.4. The monoisotopic (exact) mass is 563 g/mol. The van der Waals surface area contributed by atoms with Crippen LogP contribution in [0.15, 0.2) is 48.5 Å². The van der Waals surface area contributed by atoms with Gasteiger partial charge < -0.3 is 14.4 Å². The number of hydrogen-bond acceptors (Lipinski definition) is 6. The van der Waals surface area contributed by atoms with E-state index in [4.69, 9.17) is 26.3 Å². The second kappa shape index (κ2) is 11.6. The number of fused-ring (bicyclic) bond motifs is 1. The minimum Gasteiger partial charge on any atom is -0.477 e. The molecule has 2 saturated heterocycles. The molecule has 0 saturated carbocycles. The van der Waals surface area contributed by atoms with Crippen molar-refractivity contribution >= 4 is 28.7 Å². The van der Waals surface area contributed by atoms with Gasteiger partial charge in [-0.2, -0.15) is 0 Å². The highest BCUT2D eigenvalue weighted by atomic mass is 35.5. The summed E-state index contributed by atoms with van der Waals surface area (Å²) in [6.07, 6.45) is 4.51. The Bertz CT molecular complexity index is 1530. The van der Waals surface area contributed by atoms with Crippen molar-refractivity contribution in [3.05, 3.63) is 87.8 Å². The number of benzene rings is 1. The van der Waals surface area contributed by atoms with E-state index < -0.39 is 5.97 Å². The number of aromatic carboxylic acids is 1. The largest absolute Gasteiger partial charge is 0.477 e. The van der Waals surface area contributed by atoms with Crippen LogP contribution in [0.5, 0.6) is 0 Å². The molecule has 1 unspecified atom stereocenters. The predicted octanol–water partition coefficient (Wildman–Crippen LogP) is 5.15. The quantitative estimate of drug-likeness (QED) is 0.301. The first-order valence-corrected chi connectivity index (χ1v) is 14.1. The number of likely N-dealkylation sites (tertiary alicyclic amines) is 1. The minimum atomic E-state index is -1.05. The molecule has 40 heavy (non-hydrogen) atoms. The Balaban J connectivity index is 1.09. The van der Waals surface area contributed by atoms with E-state index in [0.717, 1.165) is 62.6 Å². The highest BCUT2D eigenvalue weighted by molar-refractivity contribution is 6.30. The van der Waals surface area contributed by atoms with Crippen molar-refractivity contribution in [1.29, 1.82) is 0 Å². The number of rotatable bonds is 9. The Morgan fingerprint density at radius 2 is 1.85 bits per heavy atom. The Kier molecular flexibility index (Phi) is 7.78. The molecule has 1 N–H and O–H groups in total. The molecule has 2 fully saturated rings. The number of hydrogen-bond donors (Lipinski definition) is 1. The number of nitrogens with zero attached hydrogens (tertiary/aromatic N) is 5. The average molecular weight is 564 g/mol. The van der Waals surface area contributed by atoms with Gasteiger partial charge in [0.15, 0.2) is 11.3 Å². The lowest BCUT2D eigenvalue weighted by molar-refractivity contribution is -0.0593. The summed E-state index contributed by atoms with van der Waals surface area (Å²) in [6, 6.07) is 14.0. The normalized spacial score (nSPS) is 18.2. The second-order valence-electron chi connectivity index (χ2n) is 10.7. The van der Waals surface area contributed by atoms with Gasteiger partial charge in [-0.3, -0.25) is 9.88 Å². The molecule has 2 aliphatic heterocycles. The smallest absolute Gasteiger partial charge is 0.354 e. The Hall–Kier alpha value is -3.40. The molecule has 2 aliphatic rings. The summed E-state index contributed by atoms with van der Waals surface area (Å²) in [5.41, 5.74) is 3.81. The van der Waals surface area contributed by atoms with Crippen LogP contribution in [0.2, 0.25) is 5.02 Å². The lowest BCUT2D eigenvalue weighted by atomic mass is 9.92. The van der Waals surface area contributed by atoms with E-state index in [1.54, 1.807) is 18.2 Å². The van der Waals surface area contributed by atoms with Crippen LogP contribution in [0.25, 0.3) is 11.2 Å². The summed E-state index contributed by atoms with van der Waals surface area (Å²) in [4.78, 5) is 28.0. The summed E-state index contributed by atoms with van der Waals surface area (Å²) >= 11 is 5.89. The van der Waals surface area contributed by atoms with Gasteiger partial charge in [0.05, 0.1) is 19.2 Å². The number of imidazole rings is 1. The number of aromatic nitrogens is 4. The molecular weight excluding hydrogens is 533 g/mol. The van der Waals surface area contributed by atoms with Gasteiger partial charge in [0.25, 0.3) is 0 Å². The van der Waals surface area contributed by atoms with Gasteiger partial charge in [-0.25, -0.2) is 19.2 Å². The molecule has 0 radical (unpaired) electrons. The Morgan fingerprint density at radius 3 is 2.58 bits per heavy atom. The fourth-order valence-electron chi connectivity index (χ4n) is 5.56. The molecule has 208 valence electrons. The molecule has 4 aromatic rings. The van der Waals surface area contributed by atoms with Gasteiger partial charge in [0.2, 0.25) is 0 Å². The van der Waals surface area contributed by atoms with Gasteiger partial charge in [0, 0.05) is 29.4 Å². The number of carbonyl (C=O) groups is 1. The zero-order valence-corrected chi connectivity index (χ0v) is 22.9. The van der Waals surface area contributed by atoms with Gasteiger partial charge in [-0.15, -0.1) is 0 Å². The number of piperidine rings is 1. The molecule has 5 heterocycles. The lowest BCUT2D eigenvalue weighted by Crippen LogP contribution is -2.36. The molecule has 0 aliphatic carbocycles. The van der Waals surface area contributed by atoms with Crippen molar-refractivity contribution in [2.45, 2.75) is 51.3 Å². The van der Waals surface area contributed by atoms with E-state index in [0.29, 0.717) is 47.2 Å². The van der Waals surface area contributed by atoms with E-state index in [2.05, 4.69) is 16.0 Å². The van der Waals surface area contributed by atoms with Crippen LogP contribution in [-0.4, -0.2) is 61.3 Å². The molecule has 10 heteroatoms. The second-order valence-corrected chi connectivity index (χ2v) is 11.2. The summed E-state index contributed by atoms with van der Waals surface area (Å²) in [5, 5.41) is 9.82. The zero-order valence-electron chi connectivity index (χ0n) is 22.1. The first-order valence-electron chi connectivity index (χ1n) is 13.7. The van der Waals surface area contributed by atoms with Crippen LogP contribution in [0.3, 0.4) is 0 Å². The number of carboxylic acid groups (broad SMARTS) is 1. The predicted molar refractivity (Wildman–Crippen MR) is 149 cm³/mol. The Labute approximate surface area is 236 Å². The molecule has 0 spiro atoms. The van der Waals surface area contributed by atoms with Gasteiger partial charge in [0.1, 0.15) is 17.2 Å². The molecule has 1 aromatic carbocycles. The van der Waals surface area contributed by atoms with Crippen molar-refractivity contribution < 1.29 is 19.0 Å². The molecular formula is C30H31ClFN5O3. The molecule has 3 aromatic heterocycles.